The molecule has 0 radical (unpaired) electrons. The lowest BCUT2D eigenvalue weighted by Crippen LogP contribution is -2.49. The van der Waals surface area contributed by atoms with Crippen molar-refractivity contribution in [3.05, 3.63) is 24.4 Å². The standard InChI is InChI=1S/C13H16N6O2/c1-2-14-10(20)8-19-6-9(7-19)13-17-12(18-21-13)11-15-4-3-5-16-11/h3-5,9H,2,6-8H2,1H3,(H,14,20). The van der Waals surface area contributed by atoms with E-state index >= 15 is 0 Å². The maximum absolute atomic E-state index is 11.5. The first-order chi connectivity index (χ1) is 10.3. The lowest BCUT2D eigenvalue weighted by atomic mass is 10.0. The summed E-state index contributed by atoms with van der Waals surface area (Å²) in [6.45, 7) is 4.46. The number of nitrogens with zero attached hydrogens (tertiary/aromatic N) is 5. The number of carbonyl (C=O) groups excluding carboxylic acids is 1. The molecule has 3 rings (SSSR count). The monoisotopic (exact) mass is 288 g/mol. The van der Waals surface area contributed by atoms with E-state index in [4.69, 9.17) is 4.52 Å². The van der Waals surface area contributed by atoms with Crippen LogP contribution in [0.15, 0.2) is 23.0 Å². The van der Waals surface area contributed by atoms with Gasteiger partial charge in [-0.2, -0.15) is 4.98 Å². The van der Waals surface area contributed by atoms with E-state index in [0.717, 1.165) is 13.1 Å². The predicted octanol–water partition coefficient (Wildman–Crippen LogP) is 0.0619. The minimum atomic E-state index is 0.0415. The summed E-state index contributed by atoms with van der Waals surface area (Å²) in [6.07, 6.45) is 3.27. The first-order valence-electron chi connectivity index (χ1n) is 6.86. The normalized spacial score (nSPS) is 15.7. The average Bonchev–Trinajstić information content (AvgIpc) is 2.93. The molecule has 0 saturated carbocycles. The smallest absolute Gasteiger partial charge is 0.240 e. The Kier molecular flexibility index (Phi) is 3.87. The van der Waals surface area contributed by atoms with Gasteiger partial charge < -0.3 is 9.84 Å². The molecule has 0 atom stereocenters. The van der Waals surface area contributed by atoms with E-state index in [1.807, 2.05) is 11.8 Å². The van der Waals surface area contributed by atoms with Crippen LogP contribution in [-0.2, 0) is 4.79 Å². The van der Waals surface area contributed by atoms with Gasteiger partial charge in [0.25, 0.3) is 0 Å². The second kappa shape index (κ2) is 5.96. The van der Waals surface area contributed by atoms with Crippen LogP contribution in [0.2, 0.25) is 0 Å². The van der Waals surface area contributed by atoms with E-state index in [0.29, 0.717) is 30.6 Å². The van der Waals surface area contributed by atoms with Crippen LogP contribution in [0.25, 0.3) is 11.6 Å². The highest BCUT2D eigenvalue weighted by Crippen LogP contribution is 2.26. The summed E-state index contributed by atoms with van der Waals surface area (Å²) in [7, 11) is 0. The highest BCUT2D eigenvalue weighted by atomic mass is 16.5. The summed E-state index contributed by atoms with van der Waals surface area (Å²) >= 11 is 0. The molecule has 0 aromatic carbocycles. The van der Waals surface area contributed by atoms with Crippen LogP contribution in [0.5, 0.6) is 0 Å². The zero-order valence-corrected chi connectivity index (χ0v) is 11.7. The van der Waals surface area contributed by atoms with E-state index in [-0.39, 0.29) is 11.8 Å². The molecule has 1 amide bonds. The number of amides is 1. The van der Waals surface area contributed by atoms with Gasteiger partial charge in [0.1, 0.15) is 0 Å². The number of hydrogen-bond donors (Lipinski definition) is 1. The van der Waals surface area contributed by atoms with Gasteiger partial charge in [0, 0.05) is 32.0 Å². The van der Waals surface area contributed by atoms with Crippen LogP contribution in [0.1, 0.15) is 18.7 Å². The van der Waals surface area contributed by atoms with Gasteiger partial charge in [-0.15, -0.1) is 0 Å². The van der Waals surface area contributed by atoms with Gasteiger partial charge in [0.2, 0.25) is 23.4 Å². The highest BCUT2D eigenvalue weighted by molar-refractivity contribution is 5.78. The van der Waals surface area contributed by atoms with Gasteiger partial charge in [-0.1, -0.05) is 5.16 Å². The van der Waals surface area contributed by atoms with Crippen molar-refractivity contribution < 1.29 is 9.32 Å². The minimum absolute atomic E-state index is 0.0415. The van der Waals surface area contributed by atoms with Gasteiger partial charge in [-0.25, -0.2) is 9.97 Å². The number of hydrogen-bond acceptors (Lipinski definition) is 7. The lowest BCUT2D eigenvalue weighted by Gasteiger charge is -2.36. The maximum Gasteiger partial charge on any atom is 0.240 e. The fourth-order valence-corrected chi connectivity index (χ4v) is 2.22. The number of aromatic nitrogens is 4. The fourth-order valence-electron chi connectivity index (χ4n) is 2.22. The van der Waals surface area contributed by atoms with Crippen LogP contribution >= 0.6 is 0 Å². The third-order valence-electron chi connectivity index (χ3n) is 3.26. The Hall–Kier alpha value is -2.35. The average molecular weight is 288 g/mol. The van der Waals surface area contributed by atoms with Crippen molar-refractivity contribution >= 4 is 5.91 Å². The Labute approximate surface area is 121 Å². The van der Waals surface area contributed by atoms with E-state index in [9.17, 15) is 4.79 Å². The molecule has 1 aliphatic heterocycles. The molecule has 0 bridgehead atoms. The maximum atomic E-state index is 11.5. The van der Waals surface area contributed by atoms with Crippen molar-refractivity contribution in [3.8, 4) is 11.6 Å². The number of carbonyl (C=O) groups is 1. The molecule has 0 unspecified atom stereocenters. The third kappa shape index (κ3) is 3.05. The Morgan fingerprint density at radius 1 is 1.38 bits per heavy atom. The summed E-state index contributed by atoms with van der Waals surface area (Å²) in [5, 5.41) is 6.67. The highest BCUT2D eigenvalue weighted by Gasteiger charge is 2.33. The number of likely N-dealkylation sites (N-methyl/N-ethyl adjacent to an activating group) is 1. The topological polar surface area (TPSA) is 97.0 Å². The molecule has 8 nitrogen and oxygen atoms in total. The summed E-state index contributed by atoms with van der Waals surface area (Å²) < 4.78 is 5.26. The summed E-state index contributed by atoms with van der Waals surface area (Å²) in [6, 6.07) is 1.73. The number of likely N-dealkylation sites (tertiary alicyclic amines) is 1. The van der Waals surface area contributed by atoms with E-state index < -0.39 is 0 Å². The van der Waals surface area contributed by atoms with Crippen molar-refractivity contribution in [2.45, 2.75) is 12.8 Å². The molecule has 3 heterocycles. The van der Waals surface area contributed by atoms with Crippen molar-refractivity contribution in [1.82, 2.24) is 30.3 Å². The molecule has 1 saturated heterocycles. The Morgan fingerprint density at radius 2 is 2.14 bits per heavy atom. The predicted molar refractivity (Wildman–Crippen MR) is 73.2 cm³/mol. The summed E-state index contributed by atoms with van der Waals surface area (Å²) in [5.74, 6) is 1.63. The van der Waals surface area contributed by atoms with Crippen molar-refractivity contribution in [2.75, 3.05) is 26.2 Å². The molecule has 1 aliphatic rings. The largest absolute Gasteiger partial charge is 0.355 e. The summed E-state index contributed by atoms with van der Waals surface area (Å²) in [5.41, 5.74) is 0. The quantitative estimate of drug-likeness (QED) is 0.831. The molecule has 1 N–H and O–H groups in total. The first kappa shape index (κ1) is 13.6. The van der Waals surface area contributed by atoms with Crippen LogP contribution in [-0.4, -0.2) is 57.1 Å². The van der Waals surface area contributed by atoms with E-state index in [1.165, 1.54) is 0 Å². The molecule has 0 aliphatic carbocycles. The Bertz CT molecular complexity index is 608. The van der Waals surface area contributed by atoms with Crippen LogP contribution in [0, 0.1) is 0 Å². The second-order valence-corrected chi connectivity index (χ2v) is 4.87. The van der Waals surface area contributed by atoms with Crippen LogP contribution in [0.3, 0.4) is 0 Å². The van der Waals surface area contributed by atoms with Crippen molar-refractivity contribution in [2.24, 2.45) is 0 Å². The Morgan fingerprint density at radius 3 is 2.86 bits per heavy atom. The molecule has 0 spiro atoms. The lowest BCUT2D eigenvalue weighted by molar-refractivity contribution is -0.123. The zero-order valence-electron chi connectivity index (χ0n) is 11.7. The zero-order chi connectivity index (χ0) is 14.7. The molecule has 2 aromatic heterocycles. The van der Waals surface area contributed by atoms with Gasteiger partial charge in [-0.3, -0.25) is 9.69 Å². The van der Waals surface area contributed by atoms with Crippen molar-refractivity contribution in [1.29, 1.82) is 0 Å². The van der Waals surface area contributed by atoms with Gasteiger partial charge in [-0.05, 0) is 13.0 Å². The molecular weight excluding hydrogens is 272 g/mol. The molecule has 110 valence electrons. The molecule has 1 fully saturated rings. The van der Waals surface area contributed by atoms with Gasteiger partial charge in [0.05, 0.1) is 12.5 Å². The van der Waals surface area contributed by atoms with Crippen molar-refractivity contribution in [3.63, 3.8) is 0 Å². The van der Waals surface area contributed by atoms with Crippen LogP contribution in [0.4, 0.5) is 0 Å². The van der Waals surface area contributed by atoms with Gasteiger partial charge in [0.15, 0.2) is 0 Å². The van der Waals surface area contributed by atoms with E-state index in [2.05, 4.69) is 25.4 Å². The third-order valence-corrected chi connectivity index (χ3v) is 3.26. The van der Waals surface area contributed by atoms with Gasteiger partial charge >= 0.3 is 0 Å². The van der Waals surface area contributed by atoms with E-state index in [1.54, 1.807) is 18.5 Å². The Balaban J connectivity index is 1.56. The number of nitrogens with one attached hydrogen (secondary N) is 1. The molecule has 2 aromatic rings. The van der Waals surface area contributed by atoms with Crippen LogP contribution < -0.4 is 5.32 Å². The summed E-state index contributed by atoms with van der Waals surface area (Å²) in [4.78, 5) is 26.0. The molecule has 8 heteroatoms. The minimum Gasteiger partial charge on any atom is -0.355 e. The SMILES string of the molecule is CCNC(=O)CN1CC(c2nc(-c3ncccn3)no2)C1. The molecular formula is C13H16N6O2. The second-order valence-electron chi connectivity index (χ2n) is 4.87. The number of rotatable bonds is 5. The molecule has 21 heavy (non-hydrogen) atoms. The first-order valence-corrected chi connectivity index (χ1v) is 6.86. The fraction of sp³-hybridized carbons (Fsp3) is 0.462.